The van der Waals surface area contributed by atoms with Crippen LogP contribution in [0.1, 0.15) is 11.4 Å². The van der Waals surface area contributed by atoms with Crippen LogP contribution in [0.25, 0.3) is 0 Å². The zero-order valence-corrected chi connectivity index (χ0v) is 9.21. The Balaban J connectivity index is 2.23. The van der Waals surface area contributed by atoms with Crippen LogP contribution in [0, 0.1) is 6.92 Å². The summed E-state index contributed by atoms with van der Waals surface area (Å²) in [6, 6.07) is 5.28. The summed E-state index contributed by atoms with van der Waals surface area (Å²) in [4.78, 5) is 3.97. The Hall–Kier alpha value is -1.88. The van der Waals surface area contributed by atoms with E-state index in [9.17, 15) is 0 Å². The van der Waals surface area contributed by atoms with Crippen LogP contribution < -0.4 is 4.74 Å². The fraction of sp³-hybridized carbons (Fsp3) is 0.273. The molecule has 0 bridgehead atoms. The third-order valence-corrected chi connectivity index (χ3v) is 2.13. The van der Waals surface area contributed by atoms with Gasteiger partial charge in [0.15, 0.2) is 0 Å². The fourth-order valence-corrected chi connectivity index (χ4v) is 1.41. The molecule has 0 aliphatic carbocycles. The summed E-state index contributed by atoms with van der Waals surface area (Å²) in [7, 11) is 1.82. The van der Waals surface area contributed by atoms with Gasteiger partial charge in [-0.1, -0.05) is 0 Å². The van der Waals surface area contributed by atoms with Gasteiger partial charge in [0, 0.05) is 25.4 Å². The number of nitrogens with zero attached hydrogens (tertiary/aromatic N) is 3. The number of ether oxygens (including phenoxy) is 1. The first-order chi connectivity index (χ1) is 7.69. The van der Waals surface area contributed by atoms with E-state index in [2.05, 4.69) is 10.1 Å². The first-order valence-electron chi connectivity index (χ1n) is 4.93. The van der Waals surface area contributed by atoms with E-state index >= 15 is 0 Å². The summed E-state index contributed by atoms with van der Waals surface area (Å²) in [6.45, 7) is 1.81. The standard InChI is InChI=1S/C11H13N3O2/c1-8-5-11(14(2)13-8)16-10-3-4-12-9(6-10)7-15/h3-6,15H,7H2,1-2H3. The van der Waals surface area contributed by atoms with Crippen LogP contribution in [0.15, 0.2) is 24.4 Å². The van der Waals surface area contributed by atoms with E-state index in [4.69, 9.17) is 9.84 Å². The maximum atomic E-state index is 8.95. The van der Waals surface area contributed by atoms with E-state index in [0.717, 1.165) is 5.69 Å². The van der Waals surface area contributed by atoms with Crippen LogP contribution in [0.2, 0.25) is 0 Å². The minimum atomic E-state index is -0.0956. The molecule has 0 amide bonds. The van der Waals surface area contributed by atoms with Gasteiger partial charge in [-0.15, -0.1) is 0 Å². The first-order valence-corrected chi connectivity index (χ1v) is 4.93. The van der Waals surface area contributed by atoms with E-state index in [0.29, 0.717) is 17.3 Å². The number of aliphatic hydroxyl groups is 1. The molecular formula is C11H13N3O2. The van der Waals surface area contributed by atoms with Gasteiger partial charge in [0.05, 0.1) is 18.0 Å². The van der Waals surface area contributed by atoms with Crippen molar-refractivity contribution in [3.8, 4) is 11.6 Å². The Kier molecular flexibility index (Phi) is 2.87. The third-order valence-electron chi connectivity index (χ3n) is 2.13. The number of pyridine rings is 1. The SMILES string of the molecule is Cc1cc(Oc2ccnc(CO)c2)n(C)n1. The van der Waals surface area contributed by atoms with E-state index in [-0.39, 0.29) is 6.61 Å². The van der Waals surface area contributed by atoms with Crippen molar-refractivity contribution in [2.45, 2.75) is 13.5 Å². The molecule has 2 heterocycles. The van der Waals surface area contributed by atoms with Gasteiger partial charge in [-0.2, -0.15) is 5.10 Å². The highest BCUT2D eigenvalue weighted by atomic mass is 16.5. The van der Waals surface area contributed by atoms with Crippen molar-refractivity contribution in [2.75, 3.05) is 0 Å². The lowest BCUT2D eigenvalue weighted by Gasteiger charge is -2.05. The van der Waals surface area contributed by atoms with Gasteiger partial charge < -0.3 is 9.84 Å². The molecule has 0 fully saturated rings. The zero-order valence-electron chi connectivity index (χ0n) is 9.21. The minimum Gasteiger partial charge on any atom is -0.439 e. The van der Waals surface area contributed by atoms with Crippen LogP contribution in [-0.2, 0) is 13.7 Å². The second kappa shape index (κ2) is 4.32. The number of hydrogen-bond donors (Lipinski definition) is 1. The topological polar surface area (TPSA) is 60.2 Å². The van der Waals surface area contributed by atoms with Crippen LogP contribution in [-0.4, -0.2) is 19.9 Å². The highest BCUT2D eigenvalue weighted by Gasteiger charge is 2.05. The fourth-order valence-electron chi connectivity index (χ4n) is 1.41. The second-order valence-electron chi connectivity index (χ2n) is 3.49. The summed E-state index contributed by atoms with van der Waals surface area (Å²) in [5, 5.41) is 13.1. The van der Waals surface area contributed by atoms with Gasteiger partial charge in [0.25, 0.3) is 0 Å². The largest absolute Gasteiger partial charge is 0.439 e. The Labute approximate surface area is 93.3 Å². The summed E-state index contributed by atoms with van der Waals surface area (Å²) in [6.07, 6.45) is 1.60. The predicted molar refractivity (Wildman–Crippen MR) is 58.2 cm³/mol. The van der Waals surface area contributed by atoms with Gasteiger partial charge in [-0.25, -0.2) is 4.68 Å². The summed E-state index contributed by atoms with van der Waals surface area (Å²) >= 11 is 0. The van der Waals surface area contributed by atoms with Crippen molar-refractivity contribution in [2.24, 2.45) is 7.05 Å². The Bertz CT molecular complexity index is 494. The molecule has 2 rings (SSSR count). The number of aliphatic hydroxyl groups excluding tert-OH is 1. The average molecular weight is 219 g/mol. The van der Waals surface area contributed by atoms with Crippen LogP contribution >= 0.6 is 0 Å². The molecule has 0 spiro atoms. The molecule has 1 N–H and O–H groups in total. The molecule has 0 aromatic carbocycles. The van der Waals surface area contributed by atoms with E-state index in [1.807, 2.05) is 20.0 Å². The summed E-state index contributed by atoms with van der Waals surface area (Å²) in [5.41, 5.74) is 1.48. The number of aryl methyl sites for hydroxylation is 2. The van der Waals surface area contributed by atoms with Crippen LogP contribution in [0.4, 0.5) is 0 Å². The van der Waals surface area contributed by atoms with Gasteiger partial charge in [-0.3, -0.25) is 4.98 Å². The molecule has 0 aliphatic rings. The van der Waals surface area contributed by atoms with E-state index in [1.54, 1.807) is 23.0 Å². The molecule has 5 heteroatoms. The second-order valence-corrected chi connectivity index (χ2v) is 3.49. The maximum absolute atomic E-state index is 8.95. The third kappa shape index (κ3) is 2.20. The molecule has 0 atom stereocenters. The van der Waals surface area contributed by atoms with Gasteiger partial charge in [-0.05, 0) is 13.0 Å². The van der Waals surface area contributed by atoms with Gasteiger partial charge in [0.2, 0.25) is 5.88 Å². The highest BCUT2D eigenvalue weighted by Crippen LogP contribution is 2.21. The summed E-state index contributed by atoms with van der Waals surface area (Å²) < 4.78 is 7.28. The van der Waals surface area contributed by atoms with Crippen molar-refractivity contribution in [1.82, 2.24) is 14.8 Å². The number of rotatable bonds is 3. The molecule has 2 aromatic rings. The Morgan fingerprint density at radius 1 is 1.44 bits per heavy atom. The predicted octanol–water partition coefficient (Wildman–Crippen LogP) is 1.41. The molecule has 0 saturated heterocycles. The van der Waals surface area contributed by atoms with E-state index in [1.165, 1.54) is 0 Å². The number of aromatic nitrogens is 3. The minimum absolute atomic E-state index is 0.0956. The normalized spacial score (nSPS) is 10.4. The zero-order chi connectivity index (χ0) is 11.5. The Morgan fingerprint density at radius 2 is 2.25 bits per heavy atom. The molecule has 0 saturated carbocycles. The molecule has 0 radical (unpaired) electrons. The van der Waals surface area contributed by atoms with Crippen molar-refractivity contribution < 1.29 is 9.84 Å². The monoisotopic (exact) mass is 219 g/mol. The van der Waals surface area contributed by atoms with Crippen LogP contribution in [0.5, 0.6) is 11.6 Å². The van der Waals surface area contributed by atoms with Gasteiger partial charge in [0.1, 0.15) is 5.75 Å². The van der Waals surface area contributed by atoms with Crippen LogP contribution in [0.3, 0.4) is 0 Å². The van der Waals surface area contributed by atoms with Crippen molar-refractivity contribution >= 4 is 0 Å². The lowest BCUT2D eigenvalue weighted by Crippen LogP contribution is -1.96. The molecule has 84 valence electrons. The lowest BCUT2D eigenvalue weighted by molar-refractivity contribution is 0.276. The maximum Gasteiger partial charge on any atom is 0.217 e. The number of hydrogen-bond acceptors (Lipinski definition) is 4. The first kappa shape index (κ1) is 10.6. The molecule has 0 aliphatic heterocycles. The molecule has 16 heavy (non-hydrogen) atoms. The van der Waals surface area contributed by atoms with Gasteiger partial charge >= 0.3 is 0 Å². The molecule has 5 nitrogen and oxygen atoms in total. The van der Waals surface area contributed by atoms with Crippen molar-refractivity contribution in [1.29, 1.82) is 0 Å². The Morgan fingerprint density at radius 3 is 2.88 bits per heavy atom. The quantitative estimate of drug-likeness (QED) is 0.847. The van der Waals surface area contributed by atoms with E-state index < -0.39 is 0 Å². The lowest BCUT2D eigenvalue weighted by atomic mass is 10.3. The summed E-state index contributed by atoms with van der Waals surface area (Å²) in [5.74, 6) is 1.30. The highest BCUT2D eigenvalue weighted by molar-refractivity contribution is 5.28. The van der Waals surface area contributed by atoms with Crippen molar-refractivity contribution in [3.63, 3.8) is 0 Å². The molecule has 0 unspecified atom stereocenters. The molecule has 2 aromatic heterocycles. The molecular weight excluding hydrogens is 206 g/mol. The smallest absolute Gasteiger partial charge is 0.217 e. The average Bonchev–Trinajstić information content (AvgIpc) is 2.58. The van der Waals surface area contributed by atoms with Crippen molar-refractivity contribution in [3.05, 3.63) is 35.8 Å².